The maximum Gasteiger partial charge on any atom is 0.326 e. The van der Waals surface area contributed by atoms with Gasteiger partial charge in [0.1, 0.15) is 18.1 Å². The van der Waals surface area contributed by atoms with Crippen LogP contribution in [0.15, 0.2) is 42.9 Å². The third kappa shape index (κ3) is 9.32. The number of benzene rings is 1. The number of aliphatic carboxylic acids is 1. The molecule has 5 atom stereocenters. The highest BCUT2D eigenvalue weighted by Crippen LogP contribution is 2.11. The van der Waals surface area contributed by atoms with E-state index < -0.39 is 66.1 Å². The molecule has 0 saturated heterocycles. The van der Waals surface area contributed by atoms with E-state index in [9.17, 15) is 29.1 Å². The Morgan fingerprint density at radius 2 is 1.63 bits per heavy atom. The van der Waals surface area contributed by atoms with Crippen LogP contribution in [0, 0.1) is 5.92 Å². The molecule has 206 valence electrons. The van der Waals surface area contributed by atoms with Crippen LogP contribution >= 0.6 is 0 Å². The molecule has 0 radical (unpaired) electrons. The van der Waals surface area contributed by atoms with E-state index in [-0.39, 0.29) is 12.8 Å². The fraction of sp³-hybridized carbons (Fsp3) is 0.440. The number of primary amides is 1. The lowest BCUT2D eigenvalue weighted by molar-refractivity contribution is -0.142. The Balaban J connectivity index is 2.13. The number of imidazole rings is 1. The summed E-state index contributed by atoms with van der Waals surface area (Å²) in [5.41, 5.74) is 12.6. The second-order valence-corrected chi connectivity index (χ2v) is 9.08. The van der Waals surface area contributed by atoms with Crippen LogP contribution in [-0.2, 0) is 36.8 Å². The SMILES string of the molecule is CCC(C)C(NC(=O)C(CC(N)=O)NC(=O)C(N)Cc1ccccc1)C(=O)NC(Cc1cnc[nH]1)C(=O)O. The number of H-pyrrole nitrogens is 1. The molecule has 0 saturated carbocycles. The fourth-order valence-electron chi connectivity index (χ4n) is 3.68. The van der Waals surface area contributed by atoms with Gasteiger partial charge in [0.2, 0.25) is 23.6 Å². The molecular weight excluding hydrogens is 494 g/mol. The molecular formula is C25H35N7O6. The normalized spacial score (nSPS) is 14.8. The fourth-order valence-corrected chi connectivity index (χ4v) is 3.68. The van der Waals surface area contributed by atoms with Crippen LogP contribution in [0.5, 0.6) is 0 Å². The molecule has 0 aliphatic rings. The number of carbonyl (C=O) groups is 5. The summed E-state index contributed by atoms with van der Waals surface area (Å²) < 4.78 is 0. The van der Waals surface area contributed by atoms with Gasteiger partial charge in [-0.2, -0.15) is 0 Å². The van der Waals surface area contributed by atoms with E-state index in [2.05, 4.69) is 25.9 Å². The van der Waals surface area contributed by atoms with Gasteiger partial charge in [-0.25, -0.2) is 9.78 Å². The zero-order chi connectivity index (χ0) is 28.2. The molecule has 13 heteroatoms. The Bertz CT molecular complexity index is 1090. The van der Waals surface area contributed by atoms with Crippen molar-refractivity contribution in [2.75, 3.05) is 0 Å². The Morgan fingerprint density at radius 3 is 2.18 bits per heavy atom. The minimum absolute atomic E-state index is 0.0537. The summed E-state index contributed by atoms with van der Waals surface area (Å²) in [5, 5.41) is 17.0. The molecule has 4 amide bonds. The van der Waals surface area contributed by atoms with Crippen molar-refractivity contribution in [3.63, 3.8) is 0 Å². The second-order valence-electron chi connectivity index (χ2n) is 9.08. The maximum absolute atomic E-state index is 13.1. The third-order valence-electron chi connectivity index (χ3n) is 6.06. The summed E-state index contributed by atoms with van der Waals surface area (Å²) in [6.45, 7) is 3.49. The monoisotopic (exact) mass is 529 g/mol. The average molecular weight is 530 g/mol. The zero-order valence-corrected chi connectivity index (χ0v) is 21.3. The van der Waals surface area contributed by atoms with Gasteiger partial charge in [-0.05, 0) is 17.9 Å². The van der Waals surface area contributed by atoms with Crippen molar-refractivity contribution in [2.45, 2.75) is 63.7 Å². The lowest BCUT2D eigenvalue weighted by Crippen LogP contribution is -2.59. The average Bonchev–Trinajstić information content (AvgIpc) is 3.39. The van der Waals surface area contributed by atoms with Crippen LogP contribution in [0.1, 0.15) is 37.9 Å². The summed E-state index contributed by atoms with van der Waals surface area (Å²) in [5.74, 6) is -4.77. The van der Waals surface area contributed by atoms with Crippen molar-refractivity contribution in [1.82, 2.24) is 25.9 Å². The van der Waals surface area contributed by atoms with Gasteiger partial charge in [0.25, 0.3) is 0 Å². The molecule has 2 rings (SSSR count). The summed E-state index contributed by atoms with van der Waals surface area (Å²) in [6.07, 6.45) is 2.91. The van der Waals surface area contributed by atoms with Crippen LogP contribution in [-0.4, -0.2) is 68.8 Å². The number of carboxylic acids is 1. The highest BCUT2D eigenvalue weighted by Gasteiger charge is 2.33. The molecule has 38 heavy (non-hydrogen) atoms. The van der Waals surface area contributed by atoms with E-state index in [1.165, 1.54) is 12.5 Å². The Hall–Kier alpha value is -4.26. The molecule has 0 aliphatic heterocycles. The number of rotatable bonds is 15. The predicted molar refractivity (Wildman–Crippen MR) is 137 cm³/mol. The Morgan fingerprint density at radius 1 is 0.974 bits per heavy atom. The van der Waals surface area contributed by atoms with Crippen molar-refractivity contribution < 1.29 is 29.1 Å². The van der Waals surface area contributed by atoms with Gasteiger partial charge in [-0.3, -0.25) is 19.2 Å². The van der Waals surface area contributed by atoms with Gasteiger partial charge in [0, 0.05) is 18.3 Å². The van der Waals surface area contributed by atoms with Crippen molar-refractivity contribution >= 4 is 29.6 Å². The first-order valence-corrected chi connectivity index (χ1v) is 12.2. The number of aromatic nitrogens is 2. The summed E-state index contributed by atoms with van der Waals surface area (Å²) in [4.78, 5) is 68.9. The minimum atomic E-state index is -1.39. The molecule has 0 aliphatic carbocycles. The number of carbonyl (C=O) groups excluding carboxylic acids is 4. The van der Waals surface area contributed by atoms with Gasteiger partial charge < -0.3 is 37.5 Å². The molecule has 2 aromatic rings. The number of nitrogens with zero attached hydrogens (tertiary/aromatic N) is 1. The van der Waals surface area contributed by atoms with Crippen LogP contribution in [0.25, 0.3) is 0 Å². The summed E-state index contributed by atoms with van der Waals surface area (Å²) in [7, 11) is 0. The number of carboxylic acid groups (broad SMARTS) is 1. The predicted octanol–water partition coefficient (Wildman–Crippen LogP) is -1.02. The Labute approximate surface area is 220 Å². The molecule has 13 nitrogen and oxygen atoms in total. The van der Waals surface area contributed by atoms with E-state index in [1.807, 2.05) is 6.07 Å². The van der Waals surface area contributed by atoms with E-state index in [4.69, 9.17) is 11.5 Å². The maximum atomic E-state index is 13.1. The van der Waals surface area contributed by atoms with Crippen molar-refractivity contribution in [3.8, 4) is 0 Å². The van der Waals surface area contributed by atoms with Gasteiger partial charge in [0.05, 0.1) is 18.8 Å². The first kappa shape index (κ1) is 30.0. The van der Waals surface area contributed by atoms with Gasteiger partial charge in [-0.15, -0.1) is 0 Å². The first-order chi connectivity index (χ1) is 18.0. The van der Waals surface area contributed by atoms with Crippen LogP contribution in [0.4, 0.5) is 0 Å². The quantitative estimate of drug-likeness (QED) is 0.151. The Kier molecular flexibility index (Phi) is 11.4. The lowest BCUT2D eigenvalue weighted by atomic mass is 9.97. The van der Waals surface area contributed by atoms with Crippen LogP contribution < -0.4 is 27.4 Å². The molecule has 0 bridgehead atoms. The summed E-state index contributed by atoms with van der Waals surface area (Å²) >= 11 is 0. The van der Waals surface area contributed by atoms with E-state index in [1.54, 1.807) is 38.1 Å². The molecule has 0 spiro atoms. The van der Waals surface area contributed by atoms with E-state index in [0.717, 1.165) is 5.56 Å². The number of nitrogens with one attached hydrogen (secondary N) is 4. The molecule has 5 unspecified atom stereocenters. The standard InChI is InChI=1S/C25H35N7O6/c1-3-14(2)21(24(36)31-19(25(37)38)10-16-12-28-13-29-16)32-23(35)18(11-20(27)33)30-22(34)17(26)9-15-7-5-4-6-8-15/h4-8,12-14,17-19,21H,3,9-11,26H2,1-2H3,(H2,27,33)(H,28,29)(H,30,34)(H,31,36)(H,32,35)(H,37,38). The first-order valence-electron chi connectivity index (χ1n) is 12.2. The van der Waals surface area contributed by atoms with E-state index >= 15 is 0 Å². The molecule has 1 aromatic heterocycles. The molecule has 1 aromatic carbocycles. The highest BCUT2D eigenvalue weighted by atomic mass is 16.4. The zero-order valence-electron chi connectivity index (χ0n) is 21.3. The van der Waals surface area contributed by atoms with Crippen LogP contribution in [0.2, 0.25) is 0 Å². The number of hydrogen-bond acceptors (Lipinski definition) is 7. The molecule has 0 fully saturated rings. The van der Waals surface area contributed by atoms with Crippen molar-refractivity contribution in [3.05, 3.63) is 54.1 Å². The third-order valence-corrected chi connectivity index (χ3v) is 6.06. The van der Waals surface area contributed by atoms with Crippen molar-refractivity contribution in [2.24, 2.45) is 17.4 Å². The number of nitrogens with two attached hydrogens (primary N) is 2. The minimum Gasteiger partial charge on any atom is -0.480 e. The van der Waals surface area contributed by atoms with Gasteiger partial charge >= 0.3 is 5.97 Å². The number of hydrogen-bond donors (Lipinski definition) is 7. The molecule has 1 heterocycles. The summed E-state index contributed by atoms with van der Waals surface area (Å²) in [6, 6.07) is 4.18. The largest absolute Gasteiger partial charge is 0.480 e. The number of amides is 4. The highest BCUT2D eigenvalue weighted by molar-refractivity contribution is 5.96. The van der Waals surface area contributed by atoms with E-state index in [0.29, 0.717) is 12.1 Å². The topological polar surface area (TPSA) is 222 Å². The second kappa shape index (κ2) is 14.5. The molecule has 9 N–H and O–H groups in total. The van der Waals surface area contributed by atoms with Gasteiger partial charge in [-0.1, -0.05) is 50.6 Å². The van der Waals surface area contributed by atoms with Gasteiger partial charge in [0.15, 0.2) is 0 Å². The lowest BCUT2D eigenvalue weighted by Gasteiger charge is -2.27. The number of aromatic amines is 1. The smallest absolute Gasteiger partial charge is 0.326 e. The van der Waals surface area contributed by atoms with Crippen molar-refractivity contribution in [1.29, 1.82) is 0 Å². The van der Waals surface area contributed by atoms with Crippen LogP contribution in [0.3, 0.4) is 0 Å².